The Morgan fingerprint density at radius 3 is 2.52 bits per heavy atom. The van der Waals surface area contributed by atoms with Crippen LogP contribution in [0.2, 0.25) is 0 Å². The standard InChI is InChI=1S/C23H31N3O2S/c1-17(2)14-18-6-8-19(9-7-18)21(27)10-11-22(28)25-23-24-20(16-29-23)15-26-12-4-3-5-13-26/h6-9,16-17H,3-5,10-15H2,1-2H3,(H,24,25,28). The summed E-state index contributed by atoms with van der Waals surface area (Å²) in [6, 6.07) is 7.75. The third-order valence-corrected chi connectivity index (χ3v) is 5.94. The van der Waals surface area contributed by atoms with Crippen molar-refractivity contribution >= 4 is 28.2 Å². The molecule has 1 fully saturated rings. The van der Waals surface area contributed by atoms with Crippen molar-refractivity contribution in [3.63, 3.8) is 0 Å². The minimum atomic E-state index is -0.159. The number of thiazole rings is 1. The Morgan fingerprint density at radius 1 is 1.10 bits per heavy atom. The number of carbonyl (C=O) groups excluding carboxylic acids is 2. The van der Waals surface area contributed by atoms with Crippen LogP contribution in [0.25, 0.3) is 0 Å². The molecule has 0 atom stereocenters. The number of aromatic nitrogens is 1. The molecular weight excluding hydrogens is 382 g/mol. The van der Waals surface area contributed by atoms with Crippen LogP contribution < -0.4 is 5.32 Å². The summed E-state index contributed by atoms with van der Waals surface area (Å²) in [6.07, 6.45) is 5.21. The molecular formula is C23H31N3O2S. The molecule has 1 aliphatic rings. The van der Waals surface area contributed by atoms with Crippen molar-refractivity contribution in [2.45, 2.75) is 58.9 Å². The molecule has 0 radical (unpaired) electrons. The third-order valence-electron chi connectivity index (χ3n) is 5.13. The Balaban J connectivity index is 1.43. The SMILES string of the molecule is CC(C)Cc1ccc(C(=O)CCC(=O)Nc2nc(CN3CCCCC3)cs2)cc1. The Hall–Kier alpha value is -2.05. The van der Waals surface area contributed by atoms with Gasteiger partial charge >= 0.3 is 0 Å². The molecule has 1 saturated heterocycles. The summed E-state index contributed by atoms with van der Waals surface area (Å²) in [6.45, 7) is 7.45. The zero-order valence-electron chi connectivity index (χ0n) is 17.4. The van der Waals surface area contributed by atoms with Crippen LogP contribution in [0.4, 0.5) is 5.13 Å². The van der Waals surface area contributed by atoms with Crippen LogP contribution in [0, 0.1) is 5.92 Å². The molecule has 0 spiro atoms. The maximum absolute atomic E-state index is 12.4. The largest absolute Gasteiger partial charge is 0.302 e. The van der Waals surface area contributed by atoms with Gasteiger partial charge in [-0.15, -0.1) is 11.3 Å². The van der Waals surface area contributed by atoms with Gasteiger partial charge in [0, 0.05) is 30.3 Å². The lowest BCUT2D eigenvalue weighted by atomic mass is 9.99. The number of nitrogens with zero attached hydrogens (tertiary/aromatic N) is 2. The quantitative estimate of drug-likeness (QED) is 0.592. The number of Topliss-reactive ketones (excluding diaryl/α,β-unsaturated/α-hetero) is 1. The van der Waals surface area contributed by atoms with E-state index in [-0.39, 0.29) is 24.5 Å². The number of hydrogen-bond donors (Lipinski definition) is 1. The van der Waals surface area contributed by atoms with E-state index in [0.29, 0.717) is 16.6 Å². The molecule has 0 aliphatic carbocycles. The summed E-state index contributed by atoms with van der Waals surface area (Å²) in [4.78, 5) is 31.5. The summed E-state index contributed by atoms with van der Waals surface area (Å²) >= 11 is 1.45. The van der Waals surface area contributed by atoms with E-state index in [0.717, 1.165) is 31.7 Å². The molecule has 1 aliphatic heterocycles. The van der Waals surface area contributed by atoms with E-state index in [1.165, 1.54) is 36.2 Å². The molecule has 0 bridgehead atoms. The van der Waals surface area contributed by atoms with Gasteiger partial charge in [-0.25, -0.2) is 4.98 Å². The number of nitrogens with one attached hydrogen (secondary N) is 1. The molecule has 6 heteroatoms. The second kappa shape index (κ2) is 10.6. The smallest absolute Gasteiger partial charge is 0.226 e. The number of piperidine rings is 1. The molecule has 2 heterocycles. The summed E-state index contributed by atoms with van der Waals surface area (Å²) in [7, 11) is 0. The third kappa shape index (κ3) is 7.05. The lowest BCUT2D eigenvalue weighted by Gasteiger charge is -2.25. The number of carbonyl (C=O) groups is 2. The van der Waals surface area contributed by atoms with Gasteiger partial charge in [0.25, 0.3) is 0 Å². The maximum Gasteiger partial charge on any atom is 0.226 e. The summed E-state index contributed by atoms with van der Waals surface area (Å²) in [5, 5.41) is 5.46. The van der Waals surface area contributed by atoms with Crippen LogP contribution in [-0.2, 0) is 17.8 Å². The number of hydrogen-bond acceptors (Lipinski definition) is 5. The van der Waals surface area contributed by atoms with Crippen molar-refractivity contribution in [1.29, 1.82) is 0 Å². The van der Waals surface area contributed by atoms with E-state index in [4.69, 9.17) is 0 Å². The topological polar surface area (TPSA) is 62.3 Å². The van der Waals surface area contributed by atoms with Crippen molar-refractivity contribution in [3.8, 4) is 0 Å². The van der Waals surface area contributed by atoms with Crippen LogP contribution in [0.3, 0.4) is 0 Å². The number of likely N-dealkylation sites (tertiary alicyclic amines) is 1. The molecule has 0 saturated carbocycles. The van der Waals surface area contributed by atoms with Crippen LogP contribution >= 0.6 is 11.3 Å². The number of anilines is 1. The Bertz CT molecular complexity index is 808. The average Bonchev–Trinajstić information content (AvgIpc) is 3.13. The second-order valence-corrected chi connectivity index (χ2v) is 9.11. The Labute approximate surface area is 177 Å². The summed E-state index contributed by atoms with van der Waals surface area (Å²) < 4.78 is 0. The Kier molecular flexibility index (Phi) is 7.95. The van der Waals surface area contributed by atoms with Gasteiger partial charge in [-0.2, -0.15) is 0 Å². The predicted octanol–water partition coefficient (Wildman–Crippen LogP) is 4.93. The van der Waals surface area contributed by atoms with Crippen molar-refractivity contribution in [1.82, 2.24) is 9.88 Å². The van der Waals surface area contributed by atoms with Crippen molar-refractivity contribution in [2.75, 3.05) is 18.4 Å². The minimum absolute atomic E-state index is 0.00109. The molecule has 1 N–H and O–H groups in total. The normalized spacial score (nSPS) is 14.9. The van der Waals surface area contributed by atoms with E-state index >= 15 is 0 Å². The minimum Gasteiger partial charge on any atom is -0.302 e. The van der Waals surface area contributed by atoms with Crippen molar-refractivity contribution in [3.05, 3.63) is 46.5 Å². The molecule has 29 heavy (non-hydrogen) atoms. The van der Waals surface area contributed by atoms with Crippen molar-refractivity contribution < 1.29 is 9.59 Å². The van der Waals surface area contributed by atoms with Gasteiger partial charge in [0.2, 0.25) is 5.91 Å². The molecule has 3 rings (SSSR count). The molecule has 1 aromatic heterocycles. The summed E-state index contributed by atoms with van der Waals surface area (Å²) in [5.74, 6) is 0.432. The lowest BCUT2D eigenvalue weighted by molar-refractivity contribution is -0.116. The van der Waals surface area contributed by atoms with Gasteiger partial charge in [-0.1, -0.05) is 44.5 Å². The van der Waals surface area contributed by atoms with Crippen LogP contribution in [-0.4, -0.2) is 34.7 Å². The maximum atomic E-state index is 12.4. The number of rotatable bonds is 9. The highest BCUT2D eigenvalue weighted by Gasteiger charge is 2.14. The fraction of sp³-hybridized carbons (Fsp3) is 0.522. The predicted molar refractivity (Wildman–Crippen MR) is 118 cm³/mol. The highest BCUT2D eigenvalue weighted by Crippen LogP contribution is 2.19. The van der Waals surface area contributed by atoms with Crippen LogP contribution in [0.5, 0.6) is 0 Å². The van der Waals surface area contributed by atoms with Gasteiger partial charge in [0.05, 0.1) is 5.69 Å². The number of benzene rings is 1. The molecule has 156 valence electrons. The van der Waals surface area contributed by atoms with E-state index < -0.39 is 0 Å². The second-order valence-electron chi connectivity index (χ2n) is 8.25. The molecule has 2 aromatic rings. The first kappa shape index (κ1) is 21.7. The van der Waals surface area contributed by atoms with Crippen molar-refractivity contribution in [2.24, 2.45) is 5.92 Å². The first-order chi connectivity index (χ1) is 14.0. The summed E-state index contributed by atoms with van der Waals surface area (Å²) in [5.41, 5.74) is 2.91. The molecule has 5 nitrogen and oxygen atoms in total. The van der Waals surface area contributed by atoms with E-state index in [9.17, 15) is 9.59 Å². The van der Waals surface area contributed by atoms with E-state index in [2.05, 4.69) is 29.0 Å². The number of ketones is 1. The fourth-order valence-corrected chi connectivity index (χ4v) is 4.35. The average molecular weight is 414 g/mol. The zero-order chi connectivity index (χ0) is 20.6. The monoisotopic (exact) mass is 413 g/mol. The number of amides is 1. The van der Waals surface area contributed by atoms with Gasteiger partial charge in [0.1, 0.15) is 0 Å². The highest BCUT2D eigenvalue weighted by molar-refractivity contribution is 7.13. The van der Waals surface area contributed by atoms with Gasteiger partial charge in [-0.3, -0.25) is 14.5 Å². The van der Waals surface area contributed by atoms with E-state index in [1.54, 1.807) is 0 Å². The van der Waals surface area contributed by atoms with Gasteiger partial charge < -0.3 is 5.32 Å². The fourth-order valence-electron chi connectivity index (χ4n) is 3.63. The van der Waals surface area contributed by atoms with Gasteiger partial charge in [0.15, 0.2) is 10.9 Å². The molecule has 1 amide bonds. The first-order valence-electron chi connectivity index (χ1n) is 10.6. The molecule has 1 aromatic carbocycles. The van der Waals surface area contributed by atoms with Gasteiger partial charge in [-0.05, 0) is 43.8 Å². The van der Waals surface area contributed by atoms with E-state index in [1.807, 2.05) is 29.6 Å². The molecule has 0 unspecified atom stereocenters. The first-order valence-corrected chi connectivity index (χ1v) is 11.5. The van der Waals surface area contributed by atoms with Crippen LogP contribution in [0.15, 0.2) is 29.6 Å². The highest BCUT2D eigenvalue weighted by atomic mass is 32.1. The van der Waals surface area contributed by atoms with Crippen LogP contribution in [0.1, 0.15) is 67.6 Å². The Morgan fingerprint density at radius 2 is 1.83 bits per heavy atom. The zero-order valence-corrected chi connectivity index (χ0v) is 18.3. The lowest BCUT2D eigenvalue weighted by Crippen LogP contribution is -2.29.